The first-order valence-corrected chi connectivity index (χ1v) is 10.8. The van der Waals surface area contributed by atoms with Crippen molar-refractivity contribution in [3.8, 4) is 5.75 Å². The molecule has 0 radical (unpaired) electrons. The van der Waals surface area contributed by atoms with Gasteiger partial charge >= 0.3 is 0 Å². The molecule has 1 fully saturated rings. The second-order valence-corrected chi connectivity index (χ2v) is 7.77. The fraction of sp³-hybridized carbons (Fsp3) is 0.304. The van der Waals surface area contributed by atoms with Crippen molar-refractivity contribution < 1.29 is 23.9 Å². The van der Waals surface area contributed by atoms with Crippen LogP contribution in [0, 0.1) is 0 Å². The summed E-state index contributed by atoms with van der Waals surface area (Å²) in [7, 11) is 0. The number of nitrogen functional groups attached to an aromatic ring is 2. The number of hydrogen-bond acceptors (Lipinski definition) is 8. The van der Waals surface area contributed by atoms with Crippen molar-refractivity contribution in [1.82, 2.24) is 15.5 Å². The Morgan fingerprint density at radius 1 is 1.12 bits per heavy atom. The number of benzene rings is 2. The lowest BCUT2D eigenvalue weighted by molar-refractivity contribution is -0.137. The van der Waals surface area contributed by atoms with Gasteiger partial charge in [0.1, 0.15) is 11.8 Å². The van der Waals surface area contributed by atoms with Crippen LogP contribution in [-0.4, -0.2) is 54.3 Å². The van der Waals surface area contributed by atoms with E-state index in [2.05, 4.69) is 10.6 Å². The molecule has 0 aliphatic carbocycles. The number of piperidine rings is 1. The zero-order valence-electron chi connectivity index (χ0n) is 18.6. The number of anilines is 2. The molecule has 180 valence electrons. The largest absolute Gasteiger partial charge is 0.484 e. The van der Waals surface area contributed by atoms with E-state index in [4.69, 9.17) is 21.9 Å². The number of hydrogen-bond donors (Lipinski definition) is 5. The Hall–Kier alpha value is -4.12. The standard InChI is InChI=1S/C13H13N3O3.C10H15N3O2/c14-9-3-1-2-7-8(9)6-16(13(7)19)10-4-5-11(17)15-12(10)18;11-5-6-13-10(14)7-15-9-3-1-8(12)2-4-9/h1-3,10H,4-6,14H2,(H,15,17,18);1-4H,5-7,11-12H2,(H,13,14). The van der Waals surface area contributed by atoms with Crippen LogP contribution in [0.2, 0.25) is 0 Å². The van der Waals surface area contributed by atoms with Crippen LogP contribution in [0.3, 0.4) is 0 Å². The van der Waals surface area contributed by atoms with Gasteiger partial charge in [-0.1, -0.05) is 6.07 Å². The predicted molar refractivity (Wildman–Crippen MR) is 125 cm³/mol. The molecular weight excluding hydrogens is 440 g/mol. The van der Waals surface area contributed by atoms with E-state index >= 15 is 0 Å². The van der Waals surface area contributed by atoms with E-state index in [0.29, 0.717) is 48.7 Å². The molecule has 4 rings (SSSR count). The molecule has 2 aromatic carbocycles. The van der Waals surface area contributed by atoms with Gasteiger partial charge in [-0.3, -0.25) is 24.5 Å². The predicted octanol–water partition coefficient (Wildman–Crippen LogP) is -0.248. The van der Waals surface area contributed by atoms with Gasteiger partial charge in [0.05, 0.1) is 0 Å². The molecule has 0 bridgehead atoms. The van der Waals surface area contributed by atoms with E-state index < -0.39 is 11.9 Å². The third-order valence-corrected chi connectivity index (χ3v) is 5.33. The molecule has 2 aliphatic rings. The third kappa shape index (κ3) is 6.01. The van der Waals surface area contributed by atoms with Crippen LogP contribution in [0.4, 0.5) is 11.4 Å². The minimum Gasteiger partial charge on any atom is -0.484 e. The molecular formula is C23H28N6O5. The fourth-order valence-corrected chi connectivity index (χ4v) is 3.59. The number of amides is 4. The van der Waals surface area contributed by atoms with Gasteiger partial charge in [0.2, 0.25) is 11.8 Å². The van der Waals surface area contributed by atoms with Gasteiger partial charge in [0.25, 0.3) is 11.8 Å². The van der Waals surface area contributed by atoms with Crippen molar-refractivity contribution in [3.05, 3.63) is 53.6 Å². The molecule has 1 unspecified atom stereocenters. The number of fused-ring (bicyclic) bond motifs is 1. The van der Waals surface area contributed by atoms with E-state index in [1.165, 1.54) is 4.90 Å². The maximum absolute atomic E-state index is 12.3. The molecule has 2 aromatic rings. The maximum Gasteiger partial charge on any atom is 0.257 e. The summed E-state index contributed by atoms with van der Waals surface area (Å²) in [6.45, 7) is 1.20. The fourth-order valence-electron chi connectivity index (χ4n) is 3.59. The molecule has 2 aliphatic heterocycles. The van der Waals surface area contributed by atoms with E-state index in [9.17, 15) is 19.2 Å². The first kappa shape index (κ1) is 24.5. The lowest BCUT2D eigenvalue weighted by atomic mass is 10.0. The number of rotatable bonds is 6. The average molecular weight is 469 g/mol. The summed E-state index contributed by atoms with van der Waals surface area (Å²) in [5.74, 6) is -0.456. The Bertz CT molecular complexity index is 1070. The molecule has 1 atom stereocenters. The molecule has 8 N–H and O–H groups in total. The highest BCUT2D eigenvalue weighted by atomic mass is 16.5. The van der Waals surface area contributed by atoms with Crippen LogP contribution < -0.4 is 32.6 Å². The molecule has 0 aromatic heterocycles. The summed E-state index contributed by atoms with van der Waals surface area (Å²) in [5.41, 5.74) is 19.1. The maximum atomic E-state index is 12.3. The summed E-state index contributed by atoms with van der Waals surface area (Å²) in [4.78, 5) is 47.8. The third-order valence-electron chi connectivity index (χ3n) is 5.33. The summed E-state index contributed by atoms with van der Waals surface area (Å²) in [5, 5.41) is 4.87. The van der Waals surface area contributed by atoms with Crippen LogP contribution in [0.25, 0.3) is 0 Å². The topological polar surface area (TPSA) is 183 Å². The summed E-state index contributed by atoms with van der Waals surface area (Å²) in [6, 6.07) is 11.4. The Morgan fingerprint density at radius 3 is 2.50 bits per heavy atom. The number of ether oxygens (including phenoxy) is 1. The van der Waals surface area contributed by atoms with Crippen molar-refractivity contribution in [2.75, 3.05) is 31.2 Å². The van der Waals surface area contributed by atoms with E-state index in [0.717, 1.165) is 5.56 Å². The number of nitrogens with two attached hydrogens (primary N) is 3. The van der Waals surface area contributed by atoms with Gasteiger partial charge in [0, 0.05) is 48.6 Å². The van der Waals surface area contributed by atoms with Crippen molar-refractivity contribution in [2.45, 2.75) is 25.4 Å². The zero-order chi connectivity index (χ0) is 24.7. The molecule has 2 heterocycles. The van der Waals surface area contributed by atoms with Gasteiger partial charge in [-0.2, -0.15) is 0 Å². The summed E-state index contributed by atoms with van der Waals surface area (Å²) >= 11 is 0. The van der Waals surface area contributed by atoms with Gasteiger partial charge in [0.15, 0.2) is 6.61 Å². The Balaban J connectivity index is 0.000000197. The second kappa shape index (κ2) is 11.1. The van der Waals surface area contributed by atoms with Gasteiger partial charge in [-0.25, -0.2) is 0 Å². The van der Waals surface area contributed by atoms with E-state index in [1.54, 1.807) is 42.5 Å². The number of carbonyl (C=O) groups is 4. The van der Waals surface area contributed by atoms with E-state index in [1.807, 2.05) is 0 Å². The van der Waals surface area contributed by atoms with Crippen molar-refractivity contribution in [2.24, 2.45) is 5.73 Å². The van der Waals surface area contributed by atoms with Crippen LogP contribution >= 0.6 is 0 Å². The molecule has 1 saturated heterocycles. The second-order valence-electron chi connectivity index (χ2n) is 7.77. The highest BCUT2D eigenvalue weighted by molar-refractivity contribution is 6.06. The van der Waals surface area contributed by atoms with Crippen molar-refractivity contribution in [1.29, 1.82) is 0 Å². The minimum absolute atomic E-state index is 0.0100. The lowest BCUT2D eigenvalue weighted by Gasteiger charge is -2.29. The first-order chi connectivity index (χ1) is 16.3. The minimum atomic E-state index is -0.586. The van der Waals surface area contributed by atoms with E-state index in [-0.39, 0.29) is 30.7 Å². The number of carbonyl (C=O) groups excluding carboxylic acids is 4. The Labute approximate surface area is 196 Å². The highest BCUT2D eigenvalue weighted by Gasteiger charge is 2.39. The van der Waals surface area contributed by atoms with Crippen LogP contribution in [0.5, 0.6) is 5.75 Å². The van der Waals surface area contributed by atoms with Gasteiger partial charge in [-0.15, -0.1) is 0 Å². The number of nitrogens with zero attached hydrogens (tertiary/aromatic N) is 1. The normalized spacial score (nSPS) is 16.8. The number of nitrogens with one attached hydrogen (secondary N) is 2. The number of imide groups is 1. The Kier molecular flexibility index (Phi) is 8.04. The van der Waals surface area contributed by atoms with Crippen molar-refractivity contribution in [3.63, 3.8) is 0 Å². The quantitative estimate of drug-likeness (QED) is 0.284. The first-order valence-electron chi connectivity index (χ1n) is 10.8. The zero-order valence-corrected chi connectivity index (χ0v) is 18.6. The van der Waals surface area contributed by atoms with Crippen LogP contribution in [-0.2, 0) is 20.9 Å². The summed E-state index contributed by atoms with van der Waals surface area (Å²) < 4.78 is 5.21. The van der Waals surface area contributed by atoms with Gasteiger partial charge < -0.3 is 32.2 Å². The highest BCUT2D eigenvalue weighted by Crippen LogP contribution is 2.30. The van der Waals surface area contributed by atoms with Crippen LogP contribution in [0.15, 0.2) is 42.5 Å². The monoisotopic (exact) mass is 468 g/mol. The summed E-state index contributed by atoms with van der Waals surface area (Å²) in [6.07, 6.45) is 0.621. The molecule has 34 heavy (non-hydrogen) atoms. The Morgan fingerprint density at radius 2 is 1.85 bits per heavy atom. The average Bonchev–Trinajstić information content (AvgIpc) is 3.15. The molecule has 4 amide bonds. The van der Waals surface area contributed by atoms with Crippen molar-refractivity contribution >= 4 is 35.0 Å². The van der Waals surface area contributed by atoms with Crippen LogP contribution in [0.1, 0.15) is 28.8 Å². The SMILES string of the molecule is NCCNC(=O)COc1ccc(N)cc1.Nc1cccc2c1CN(C1CCC(=O)NC1=O)C2=O. The molecule has 11 nitrogen and oxygen atoms in total. The lowest BCUT2D eigenvalue weighted by Crippen LogP contribution is -2.52. The molecule has 11 heteroatoms. The van der Waals surface area contributed by atoms with Gasteiger partial charge in [-0.05, 0) is 42.8 Å². The molecule has 0 spiro atoms. The molecule has 0 saturated carbocycles. The smallest absolute Gasteiger partial charge is 0.257 e.